The first kappa shape index (κ1) is 21.4. The van der Waals surface area contributed by atoms with E-state index in [9.17, 15) is 9.59 Å². The lowest BCUT2D eigenvalue weighted by Crippen LogP contribution is -2.31. The SMILES string of the molecule is CCCCOc1ccc(NC2=CC(=O)N(c3ccc(OCCCC)cc3)C2=O)cc1. The number of amides is 2. The van der Waals surface area contributed by atoms with Crippen LogP contribution in [0.1, 0.15) is 39.5 Å². The molecule has 6 nitrogen and oxygen atoms in total. The van der Waals surface area contributed by atoms with Gasteiger partial charge < -0.3 is 14.8 Å². The summed E-state index contributed by atoms with van der Waals surface area (Å²) in [6, 6.07) is 14.3. The Kier molecular flexibility index (Phi) is 7.49. The Balaban J connectivity index is 1.60. The van der Waals surface area contributed by atoms with Crippen molar-refractivity contribution in [1.82, 2.24) is 0 Å². The van der Waals surface area contributed by atoms with Gasteiger partial charge >= 0.3 is 0 Å². The highest BCUT2D eigenvalue weighted by Gasteiger charge is 2.32. The number of rotatable bonds is 11. The number of ether oxygens (including phenoxy) is 2. The van der Waals surface area contributed by atoms with Crippen LogP contribution in [0.3, 0.4) is 0 Å². The van der Waals surface area contributed by atoms with E-state index in [0.717, 1.165) is 42.1 Å². The number of imide groups is 1. The van der Waals surface area contributed by atoms with Crippen molar-refractivity contribution in [2.75, 3.05) is 23.4 Å². The molecule has 30 heavy (non-hydrogen) atoms. The third kappa shape index (κ3) is 5.41. The number of nitrogens with one attached hydrogen (secondary N) is 1. The maximum atomic E-state index is 12.8. The van der Waals surface area contributed by atoms with Gasteiger partial charge in [-0.15, -0.1) is 0 Å². The van der Waals surface area contributed by atoms with Gasteiger partial charge in [0.15, 0.2) is 0 Å². The van der Waals surface area contributed by atoms with Crippen molar-refractivity contribution in [2.45, 2.75) is 39.5 Å². The van der Waals surface area contributed by atoms with E-state index in [1.54, 1.807) is 24.3 Å². The summed E-state index contributed by atoms with van der Waals surface area (Å²) in [7, 11) is 0. The van der Waals surface area contributed by atoms with Gasteiger partial charge in [0, 0.05) is 11.8 Å². The Bertz CT molecular complexity index is 888. The fourth-order valence-corrected chi connectivity index (χ4v) is 2.95. The molecule has 0 bridgehead atoms. The molecule has 0 radical (unpaired) electrons. The van der Waals surface area contributed by atoms with Gasteiger partial charge in [0.1, 0.15) is 17.2 Å². The molecular weight excluding hydrogens is 380 g/mol. The normalized spacial score (nSPS) is 13.4. The molecule has 6 heteroatoms. The standard InChI is InChI=1S/C24H28N2O4/c1-3-5-15-29-20-11-7-18(8-12-20)25-22-17-23(27)26(24(22)28)19-9-13-21(14-10-19)30-16-6-4-2/h7-14,17,25H,3-6,15-16H2,1-2H3. The minimum absolute atomic E-state index is 0.239. The lowest BCUT2D eigenvalue weighted by molar-refractivity contribution is -0.120. The first-order chi connectivity index (χ1) is 14.6. The fourth-order valence-electron chi connectivity index (χ4n) is 2.95. The molecule has 2 amide bonds. The van der Waals surface area contributed by atoms with Gasteiger partial charge in [-0.2, -0.15) is 0 Å². The summed E-state index contributed by atoms with van der Waals surface area (Å²) in [5, 5.41) is 3.03. The number of hydrogen-bond donors (Lipinski definition) is 1. The highest BCUT2D eigenvalue weighted by molar-refractivity contribution is 6.31. The highest BCUT2D eigenvalue weighted by Crippen LogP contribution is 2.26. The molecule has 0 aromatic heterocycles. The summed E-state index contributed by atoms with van der Waals surface area (Å²) < 4.78 is 11.3. The second-order valence-corrected chi connectivity index (χ2v) is 7.08. The Morgan fingerprint density at radius 3 is 1.87 bits per heavy atom. The van der Waals surface area contributed by atoms with Crippen molar-refractivity contribution in [3.05, 3.63) is 60.3 Å². The molecule has 2 aromatic rings. The van der Waals surface area contributed by atoms with Gasteiger partial charge in [-0.25, -0.2) is 4.90 Å². The van der Waals surface area contributed by atoms with Crippen LogP contribution in [0.25, 0.3) is 0 Å². The van der Waals surface area contributed by atoms with Gasteiger partial charge in [0.05, 0.1) is 18.9 Å². The van der Waals surface area contributed by atoms with Crippen molar-refractivity contribution in [1.29, 1.82) is 0 Å². The molecule has 3 rings (SSSR count). The first-order valence-electron chi connectivity index (χ1n) is 10.4. The molecule has 1 heterocycles. The Morgan fingerprint density at radius 2 is 1.33 bits per heavy atom. The fraction of sp³-hybridized carbons (Fsp3) is 0.333. The predicted molar refractivity (Wildman–Crippen MR) is 118 cm³/mol. The zero-order chi connectivity index (χ0) is 21.3. The van der Waals surface area contributed by atoms with Crippen molar-refractivity contribution in [2.24, 2.45) is 0 Å². The quantitative estimate of drug-likeness (QED) is 0.422. The summed E-state index contributed by atoms with van der Waals surface area (Å²) in [6.45, 7) is 5.54. The van der Waals surface area contributed by atoms with Crippen molar-refractivity contribution >= 4 is 23.2 Å². The van der Waals surface area contributed by atoms with E-state index in [2.05, 4.69) is 19.2 Å². The minimum atomic E-state index is -0.386. The van der Waals surface area contributed by atoms with Crippen molar-refractivity contribution in [3.63, 3.8) is 0 Å². The number of nitrogens with zero attached hydrogens (tertiary/aromatic N) is 1. The summed E-state index contributed by atoms with van der Waals surface area (Å²) in [4.78, 5) is 26.3. The van der Waals surface area contributed by atoms with Crippen molar-refractivity contribution < 1.29 is 19.1 Å². The van der Waals surface area contributed by atoms with E-state index in [4.69, 9.17) is 9.47 Å². The molecule has 158 valence electrons. The van der Waals surface area contributed by atoms with Crippen LogP contribution < -0.4 is 19.7 Å². The van der Waals surface area contributed by atoms with Crippen LogP contribution in [0.5, 0.6) is 11.5 Å². The first-order valence-corrected chi connectivity index (χ1v) is 10.4. The van der Waals surface area contributed by atoms with Crippen LogP contribution in [0.2, 0.25) is 0 Å². The average molecular weight is 408 g/mol. The van der Waals surface area contributed by atoms with Crippen LogP contribution in [-0.2, 0) is 9.59 Å². The van der Waals surface area contributed by atoms with Crippen LogP contribution in [-0.4, -0.2) is 25.0 Å². The molecule has 0 saturated carbocycles. The summed E-state index contributed by atoms with van der Waals surface area (Å²) >= 11 is 0. The number of hydrogen-bond acceptors (Lipinski definition) is 5. The van der Waals surface area contributed by atoms with Gasteiger partial charge in [-0.1, -0.05) is 26.7 Å². The molecule has 0 aliphatic carbocycles. The zero-order valence-corrected chi connectivity index (χ0v) is 17.5. The maximum Gasteiger partial charge on any atom is 0.281 e. The number of carbonyl (C=O) groups excluding carboxylic acids is 2. The van der Waals surface area contributed by atoms with E-state index in [0.29, 0.717) is 24.6 Å². The van der Waals surface area contributed by atoms with E-state index < -0.39 is 0 Å². The summed E-state index contributed by atoms with van der Waals surface area (Å²) in [5.41, 5.74) is 1.47. The van der Waals surface area contributed by atoms with Crippen LogP contribution in [0.4, 0.5) is 11.4 Å². The monoisotopic (exact) mass is 408 g/mol. The van der Waals surface area contributed by atoms with Crippen molar-refractivity contribution in [3.8, 4) is 11.5 Å². The topological polar surface area (TPSA) is 67.9 Å². The maximum absolute atomic E-state index is 12.8. The molecule has 1 N–H and O–H groups in total. The third-order valence-corrected chi connectivity index (χ3v) is 4.68. The van der Waals surface area contributed by atoms with Crippen LogP contribution in [0.15, 0.2) is 60.3 Å². The van der Waals surface area contributed by atoms with Gasteiger partial charge in [0.2, 0.25) is 0 Å². The largest absolute Gasteiger partial charge is 0.494 e. The summed E-state index contributed by atoms with van der Waals surface area (Å²) in [6.07, 6.45) is 5.44. The molecule has 0 fully saturated rings. The molecule has 0 saturated heterocycles. The molecule has 1 aliphatic heterocycles. The van der Waals surface area contributed by atoms with E-state index in [1.165, 1.54) is 6.08 Å². The molecule has 0 spiro atoms. The molecule has 0 atom stereocenters. The molecule has 2 aromatic carbocycles. The van der Waals surface area contributed by atoms with Crippen LogP contribution in [0, 0.1) is 0 Å². The Morgan fingerprint density at radius 1 is 0.800 bits per heavy atom. The molecule has 1 aliphatic rings. The zero-order valence-electron chi connectivity index (χ0n) is 17.5. The number of carbonyl (C=O) groups is 2. The molecule has 0 unspecified atom stereocenters. The van der Waals surface area contributed by atoms with E-state index >= 15 is 0 Å². The van der Waals surface area contributed by atoms with E-state index in [-0.39, 0.29) is 17.5 Å². The second-order valence-electron chi connectivity index (χ2n) is 7.08. The lowest BCUT2D eigenvalue weighted by atomic mass is 10.2. The Labute approximate surface area is 177 Å². The van der Waals surface area contributed by atoms with Gasteiger partial charge in [-0.3, -0.25) is 9.59 Å². The van der Waals surface area contributed by atoms with Gasteiger partial charge in [0.25, 0.3) is 11.8 Å². The average Bonchev–Trinajstić information content (AvgIpc) is 3.03. The van der Waals surface area contributed by atoms with Crippen LogP contribution >= 0.6 is 0 Å². The predicted octanol–water partition coefficient (Wildman–Crippen LogP) is 4.91. The molecular formula is C24H28N2O4. The number of anilines is 2. The smallest absolute Gasteiger partial charge is 0.281 e. The van der Waals surface area contributed by atoms with Gasteiger partial charge in [-0.05, 0) is 61.4 Å². The Hall–Kier alpha value is -3.28. The lowest BCUT2D eigenvalue weighted by Gasteiger charge is -2.16. The van der Waals surface area contributed by atoms with E-state index in [1.807, 2.05) is 24.3 Å². The minimum Gasteiger partial charge on any atom is -0.494 e. The second kappa shape index (κ2) is 10.5. The third-order valence-electron chi connectivity index (χ3n) is 4.68. The number of unbranched alkanes of at least 4 members (excludes halogenated alkanes) is 2. The highest BCUT2D eigenvalue weighted by atomic mass is 16.5. The summed E-state index contributed by atoms with van der Waals surface area (Å²) in [5.74, 6) is 0.739. The number of benzene rings is 2.